The summed E-state index contributed by atoms with van der Waals surface area (Å²) in [4.78, 5) is 24.2. The van der Waals surface area contributed by atoms with Gasteiger partial charge in [-0.15, -0.1) is 0 Å². The first-order valence-electron chi connectivity index (χ1n) is 18.7. The molecule has 0 saturated carbocycles. The van der Waals surface area contributed by atoms with Gasteiger partial charge in [0.15, 0.2) is 0 Å². The van der Waals surface area contributed by atoms with Gasteiger partial charge in [0.2, 0.25) is 0 Å². The van der Waals surface area contributed by atoms with Gasteiger partial charge in [-0.3, -0.25) is 0 Å². The molecule has 0 aliphatic heterocycles. The van der Waals surface area contributed by atoms with Crippen molar-refractivity contribution >= 4 is 37.1 Å². The molecule has 9 heteroatoms. The second-order valence-electron chi connectivity index (χ2n) is 13.2. The molecular weight excluding hydrogens is 768 g/mol. The molecule has 0 spiro atoms. The number of rotatable bonds is 34. The standard InChI is InChI=1S/2C18H36O4.Pb/c2*1-2-3-4-5-6-7-8-9-10-11-12-13-14-15-16-18(21,22)17(19)20;/h2*21-22H,2-16H2,1H3,(H,19,20);/q;;+2/p-2. The Kier molecular flexibility index (Phi) is 30.8. The van der Waals surface area contributed by atoms with Gasteiger partial charge in [0, 0.05) is 0 Å². The number of carbonyl (C=O) groups excluding carboxylic acids is 2. The minimum atomic E-state index is -2.84. The first kappa shape index (κ1) is 44.7. The van der Waals surface area contributed by atoms with Gasteiger partial charge in [-0.25, -0.2) is 0 Å². The molecular formula is C36H70O8Pb. The number of carbonyl (C=O) groups is 2. The topological polar surface area (TPSA) is 134 Å². The Morgan fingerprint density at radius 1 is 0.400 bits per heavy atom. The Balaban J connectivity index is 3.76. The van der Waals surface area contributed by atoms with Crippen LogP contribution >= 0.6 is 0 Å². The fraction of sp³-hybridized carbons (Fsp3) is 0.944. The van der Waals surface area contributed by atoms with Crippen LogP contribution in [0.15, 0.2) is 0 Å². The summed E-state index contributed by atoms with van der Waals surface area (Å²) < 4.78 is 9.72. The second-order valence-corrected chi connectivity index (χ2v) is 15.4. The molecule has 0 bridgehead atoms. The summed E-state index contributed by atoms with van der Waals surface area (Å²) in [5.41, 5.74) is 0. The zero-order valence-corrected chi connectivity index (χ0v) is 33.0. The van der Waals surface area contributed by atoms with Gasteiger partial charge < -0.3 is 0 Å². The summed E-state index contributed by atoms with van der Waals surface area (Å²) in [6.07, 6.45) is 32.5. The van der Waals surface area contributed by atoms with E-state index in [2.05, 4.69) is 13.8 Å². The van der Waals surface area contributed by atoms with Crippen molar-refractivity contribution in [1.82, 2.24) is 0 Å². The van der Waals surface area contributed by atoms with Gasteiger partial charge in [-0.2, -0.15) is 0 Å². The third-order valence-corrected chi connectivity index (χ3v) is 10.8. The Labute approximate surface area is 289 Å². The second kappa shape index (κ2) is 31.0. The van der Waals surface area contributed by atoms with E-state index in [1.165, 1.54) is 128 Å². The van der Waals surface area contributed by atoms with Gasteiger partial charge in [-0.1, -0.05) is 90.9 Å². The summed E-state index contributed by atoms with van der Waals surface area (Å²) in [5.74, 6) is -7.72. The normalized spacial score (nSPS) is 12.0. The fourth-order valence-corrected chi connectivity index (χ4v) is 7.62. The van der Waals surface area contributed by atoms with Crippen LogP contribution in [0.2, 0.25) is 0 Å². The van der Waals surface area contributed by atoms with Crippen molar-refractivity contribution in [3.8, 4) is 0 Å². The Bertz CT molecular complexity index is 630. The van der Waals surface area contributed by atoms with Crippen molar-refractivity contribution in [2.75, 3.05) is 0 Å². The SMILES string of the molecule is CCCCCCCCCCCCCCCCC(O)(O)C(=O)[O][Pb][O]C(=O)C(O)(O)CCCCCCCCCCCCCCCC. The van der Waals surface area contributed by atoms with Crippen LogP contribution in [0.4, 0.5) is 0 Å². The van der Waals surface area contributed by atoms with E-state index >= 15 is 0 Å². The maximum atomic E-state index is 12.1. The first-order chi connectivity index (χ1) is 21.7. The average molecular weight is 838 g/mol. The van der Waals surface area contributed by atoms with E-state index in [1.54, 1.807) is 0 Å². The molecule has 4 N–H and O–H groups in total. The first-order valence-corrected chi connectivity index (χ1v) is 21.9. The number of hydrogen-bond donors (Lipinski definition) is 4. The van der Waals surface area contributed by atoms with Crippen molar-refractivity contribution < 1.29 is 35.4 Å². The number of hydrogen-bond acceptors (Lipinski definition) is 8. The molecule has 0 aromatic rings. The summed E-state index contributed by atoms with van der Waals surface area (Å²) in [5, 5.41) is 40.3. The van der Waals surface area contributed by atoms with E-state index in [0.29, 0.717) is 12.8 Å². The molecule has 8 nitrogen and oxygen atoms in total. The van der Waals surface area contributed by atoms with Gasteiger partial charge in [0.05, 0.1) is 0 Å². The molecule has 0 amide bonds. The van der Waals surface area contributed by atoms with Crippen LogP contribution in [0.5, 0.6) is 0 Å². The third-order valence-electron chi connectivity index (χ3n) is 8.68. The summed E-state index contributed by atoms with van der Waals surface area (Å²) in [6.45, 7) is 4.48. The van der Waals surface area contributed by atoms with E-state index in [9.17, 15) is 30.0 Å². The van der Waals surface area contributed by atoms with Crippen LogP contribution in [-0.4, -0.2) is 69.1 Å². The van der Waals surface area contributed by atoms with Gasteiger partial charge in [-0.05, 0) is 0 Å². The quantitative estimate of drug-likeness (QED) is 0.0288. The van der Waals surface area contributed by atoms with Gasteiger partial charge >= 0.3 is 200 Å². The number of unbranched alkanes of at least 4 members (excludes halogenated alkanes) is 26. The van der Waals surface area contributed by atoms with Gasteiger partial charge in [0.1, 0.15) is 0 Å². The van der Waals surface area contributed by atoms with Crippen LogP contribution in [-0.2, 0) is 15.0 Å². The Morgan fingerprint density at radius 3 is 0.822 bits per heavy atom. The van der Waals surface area contributed by atoms with Crippen LogP contribution in [0.3, 0.4) is 0 Å². The number of aliphatic hydroxyl groups is 4. The summed E-state index contributed by atoms with van der Waals surface area (Å²) in [7, 11) is 0. The molecule has 0 heterocycles. The molecule has 0 fully saturated rings. The van der Waals surface area contributed by atoms with Crippen molar-refractivity contribution in [3.05, 3.63) is 0 Å². The molecule has 0 aliphatic rings. The predicted octanol–water partition coefficient (Wildman–Crippen LogP) is 8.71. The van der Waals surface area contributed by atoms with E-state index in [4.69, 9.17) is 5.37 Å². The smallest absolute Gasteiger partial charge is 0.0654 e. The minimum absolute atomic E-state index is 0.149. The molecule has 0 atom stereocenters. The van der Waals surface area contributed by atoms with E-state index in [-0.39, 0.29) is 12.8 Å². The molecule has 0 saturated heterocycles. The molecule has 0 aromatic heterocycles. The molecule has 45 heavy (non-hydrogen) atoms. The molecule has 0 rings (SSSR count). The van der Waals surface area contributed by atoms with Crippen LogP contribution < -0.4 is 0 Å². The average Bonchev–Trinajstić information content (AvgIpc) is 3.01. The monoisotopic (exact) mass is 838 g/mol. The van der Waals surface area contributed by atoms with Crippen molar-refractivity contribution in [2.24, 2.45) is 0 Å². The zero-order valence-electron chi connectivity index (χ0n) is 29.1. The molecule has 0 aromatic carbocycles. The van der Waals surface area contributed by atoms with Crippen molar-refractivity contribution in [1.29, 1.82) is 0 Å². The van der Waals surface area contributed by atoms with Crippen molar-refractivity contribution in [2.45, 2.75) is 218 Å². The van der Waals surface area contributed by atoms with Crippen molar-refractivity contribution in [3.63, 3.8) is 0 Å². The van der Waals surface area contributed by atoms with Crippen LogP contribution in [0.1, 0.15) is 206 Å². The van der Waals surface area contributed by atoms with E-state index < -0.39 is 48.7 Å². The summed E-state index contributed by atoms with van der Waals surface area (Å²) >= 11 is -2.84. The fourth-order valence-electron chi connectivity index (χ4n) is 5.60. The molecule has 2 radical (unpaired) electrons. The Hall–Kier alpha value is -0.298. The zero-order chi connectivity index (χ0) is 33.5. The van der Waals surface area contributed by atoms with Gasteiger partial charge in [0.25, 0.3) is 0 Å². The third kappa shape index (κ3) is 28.4. The Morgan fingerprint density at radius 2 is 0.600 bits per heavy atom. The molecule has 266 valence electrons. The molecule has 0 aliphatic carbocycles. The van der Waals surface area contributed by atoms with E-state index in [1.807, 2.05) is 0 Å². The minimum Gasteiger partial charge on any atom is -0.0654 e. The maximum absolute atomic E-state index is 12.1. The van der Waals surface area contributed by atoms with Crippen LogP contribution in [0, 0.1) is 0 Å². The predicted molar refractivity (Wildman–Crippen MR) is 182 cm³/mol. The van der Waals surface area contributed by atoms with E-state index in [0.717, 1.165) is 38.5 Å². The van der Waals surface area contributed by atoms with Crippen LogP contribution in [0.25, 0.3) is 0 Å². The summed E-state index contributed by atoms with van der Waals surface area (Å²) in [6, 6.07) is 0. The molecule has 0 unspecified atom stereocenters.